The molecule has 2 heterocycles. The Labute approximate surface area is 121 Å². The van der Waals surface area contributed by atoms with Gasteiger partial charge in [0.15, 0.2) is 17.4 Å². The summed E-state index contributed by atoms with van der Waals surface area (Å²) < 4.78 is 0. The van der Waals surface area contributed by atoms with E-state index in [1.165, 1.54) is 23.6 Å². The molecule has 0 aromatic heterocycles. The van der Waals surface area contributed by atoms with Crippen molar-refractivity contribution in [3.8, 4) is 0 Å². The van der Waals surface area contributed by atoms with Gasteiger partial charge in [0.1, 0.15) is 5.78 Å². The molecule has 2 atom stereocenters. The van der Waals surface area contributed by atoms with Gasteiger partial charge in [-0.3, -0.25) is 14.9 Å². The molecule has 2 aliphatic heterocycles. The Hall–Kier alpha value is -1.83. The SMILES string of the molecule is C=CCN1C(SCC(C)=O)=NC2C1C(=O)NC(=O)N2C. The number of nitrogens with zero attached hydrogens (tertiary/aromatic N) is 3. The molecule has 20 heavy (non-hydrogen) atoms. The number of ketones is 1. The molecule has 0 saturated carbocycles. The number of nitrogens with one attached hydrogen (secondary N) is 1. The first-order valence-electron chi connectivity index (χ1n) is 6.11. The second-order valence-electron chi connectivity index (χ2n) is 4.61. The van der Waals surface area contributed by atoms with E-state index in [0.717, 1.165) is 0 Å². The molecule has 3 amide bonds. The third-order valence-corrected chi connectivity index (χ3v) is 4.20. The lowest BCUT2D eigenvalue weighted by molar-refractivity contribution is -0.126. The first-order chi connectivity index (χ1) is 9.45. The first kappa shape index (κ1) is 14.6. The number of Topliss-reactive ketones (excluding diaryl/α,β-unsaturated/α-hetero) is 1. The Balaban J connectivity index is 2.26. The number of aliphatic imine (C=N–C) groups is 1. The van der Waals surface area contributed by atoms with Gasteiger partial charge in [-0.05, 0) is 6.92 Å². The second-order valence-corrected chi connectivity index (χ2v) is 5.55. The van der Waals surface area contributed by atoms with E-state index in [1.807, 2.05) is 0 Å². The van der Waals surface area contributed by atoms with Crippen molar-refractivity contribution >= 4 is 34.7 Å². The van der Waals surface area contributed by atoms with Crippen LogP contribution < -0.4 is 5.32 Å². The molecule has 0 bridgehead atoms. The number of likely N-dealkylation sites (N-methyl/N-ethyl adjacent to an activating group) is 1. The monoisotopic (exact) mass is 296 g/mol. The number of thioether (sulfide) groups is 1. The van der Waals surface area contributed by atoms with Gasteiger partial charge < -0.3 is 9.80 Å². The van der Waals surface area contributed by atoms with E-state index < -0.39 is 18.2 Å². The van der Waals surface area contributed by atoms with Crippen LogP contribution in [0.25, 0.3) is 0 Å². The molecule has 0 aliphatic carbocycles. The van der Waals surface area contributed by atoms with Gasteiger partial charge in [0.05, 0.1) is 5.75 Å². The molecule has 2 aliphatic rings. The van der Waals surface area contributed by atoms with Crippen LogP contribution in [0, 0.1) is 0 Å². The maximum absolute atomic E-state index is 12.0. The highest BCUT2D eigenvalue weighted by Crippen LogP contribution is 2.28. The summed E-state index contributed by atoms with van der Waals surface area (Å²) in [6.45, 7) is 5.59. The fraction of sp³-hybridized carbons (Fsp3) is 0.500. The van der Waals surface area contributed by atoms with Crippen molar-refractivity contribution in [2.24, 2.45) is 4.99 Å². The molecule has 7 nitrogen and oxygen atoms in total. The van der Waals surface area contributed by atoms with E-state index in [1.54, 1.807) is 18.0 Å². The summed E-state index contributed by atoms with van der Waals surface area (Å²) in [6.07, 6.45) is 1.11. The minimum atomic E-state index is -0.565. The molecule has 0 radical (unpaired) electrons. The van der Waals surface area contributed by atoms with Gasteiger partial charge in [0.25, 0.3) is 5.91 Å². The van der Waals surface area contributed by atoms with Crippen LogP contribution in [0.1, 0.15) is 6.92 Å². The van der Waals surface area contributed by atoms with Crippen molar-refractivity contribution in [1.29, 1.82) is 0 Å². The molecule has 2 rings (SSSR count). The van der Waals surface area contributed by atoms with E-state index >= 15 is 0 Å². The average Bonchev–Trinajstić information content (AvgIpc) is 2.74. The number of amidine groups is 1. The lowest BCUT2D eigenvalue weighted by Crippen LogP contribution is -2.63. The number of amides is 3. The molecule has 1 N–H and O–H groups in total. The zero-order valence-electron chi connectivity index (χ0n) is 11.3. The van der Waals surface area contributed by atoms with Crippen LogP contribution in [0.4, 0.5) is 4.79 Å². The largest absolute Gasteiger partial charge is 0.332 e. The first-order valence-corrected chi connectivity index (χ1v) is 7.09. The van der Waals surface area contributed by atoms with Crippen molar-refractivity contribution in [2.45, 2.75) is 19.1 Å². The van der Waals surface area contributed by atoms with Gasteiger partial charge in [0.2, 0.25) is 0 Å². The summed E-state index contributed by atoms with van der Waals surface area (Å²) in [5.74, 6) is -0.0623. The zero-order chi connectivity index (χ0) is 14.9. The van der Waals surface area contributed by atoms with Crippen molar-refractivity contribution in [2.75, 3.05) is 19.3 Å². The minimum Gasteiger partial charge on any atom is -0.332 e. The van der Waals surface area contributed by atoms with Crippen molar-refractivity contribution in [1.82, 2.24) is 15.1 Å². The van der Waals surface area contributed by atoms with E-state index in [-0.39, 0.29) is 17.4 Å². The Morgan fingerprint density at radius 3 is 2.85 bits per heavy atom. The lowest BCUT2D eigenvalue weighted by atomic mass is 10.1. The molecular formula is C12H16N4O3S. The van der Waals surface area contributed by atoms with Crippen LogP contribution in [-0.2, 0) is 9.59 Å². The summed E-state index contributed by atoms with van der Waals surface area (Å²) in [5.41, 5.74) is 0. The maximum atomic E-state index is 12.0. The van der Waals surface area contributed by atoms with Gasteiger partial charge >= 0.3 is 6.03 Å². The summed E-state index contributed by atoms with van der Waals surface area (Å²) in [4.78, 5) is 42.3. The van der Waals surface area contributed by atoms with Crippen molar-refractivity contribution in [3.63, 3.8) is 0 Å². The van der Waals surface area contributed by atoms with Gasteiger partial charge in [-0.1, -0.05) is 17.8 Å². The van der Waals surface area contributed by atoms with Gasteiger partial charge in [0, 0.05) is 13.6 Å². The highest BCUT2D eigenvalue weighted by molar-refractivity contribution is 8.14. The van der Waals surface area contributed by atoms with E-state index in [2.05, 4.69) is 16.9 Å². The third-order valence-electron chi connectivity index (χ3n) is 3.05. The number of urea groups is 1. The van der Waals surface area contributed by atoms with E-state index in [4.69, 9.17) is 0 Å². The fourth-order valence-corrected chi connectivity index (χ4v) is 2.99. The van der Waals surface area contributed by atoms with Crippen LogP contribution >= 0.6 is 11.8 Å². The predicted octanol–water partition coefficient (Wildman–Crippen LogP) is 0.0425. The summed E-state index contributed by atoms with van der Waals surface area (Å²) in [5, 5.41) is 2.89. The quantitative estimate of drug-likeness (QED) is 0.741. The number of carbonyl (C=O) groups is 3. The predicted molar refractivity (Wildman–Crippen MR) is 76.4 cm³/mol. The number of fused-ring (bicyclic) bond motifs is 1. The van der Waals surface area contributed by atoms with Gasteiger partial charge in [-0.2, -0.15) is 0 Å². The maximum Gasteiger partial charge on any atom is 0.325 e. The van der Waals surface area contributed by atoms with Crippen LogP contribution in [0.2, 0.25) is 0 Å². The smallest absolute Gasteiger partial charge is 0.325 e. The standard InChI is InChI=1S/C12H16N4O3S/c1-4-5-16-8-9(13-12(16)20-6-7(2)17)15(3)11(19)14-10(8)18/h4,8-9H,1,5-6H2,2-3H3,(H,14,18,19). The van der Waals surface area contributed by atoms with Gasteiger partial charge in [-0.15, -0.1) is 6.58 Å². The summed E-state index contributed by atoms with van der Waals surface area (Å²) in [7, 11) is 1.59. The number of imide groups is 1. The fourth-order valence-electron chi connectivity index (χ4n) is 2.12. The molecule has 1 saturated heterocycles. The normalized spacial score (nSPS) is 25.2. The number of hydrogen-bond donors (Lipinski definition) is 1. The highest BCUT2D eigenvalue weighted by Gasteiger charge is 2.48. The second kappa shape index (κ2) is 5.66. The molecule has 0 aromatic rings. The average molecular weight is 296 g/mol. The highest BCUT2D eigenvalue weighted by atomic mass is 32.2. The van der Waals surface area contributed by atoms with Crippen LogP contribution in [0.15, 0.2) is 17.6 Å². The zero-order valence-corrected chi connectivity index (χ0v) is 12.1. The van der Waals surface area contributed by atoms with Gasteiger partial charge in [-0.25, -0.2) is 9.79 Å². The topological polar surface area (TPSA) is 82.1 Å². The summed E-state index contributed by atoms with van der Waals surface area (Å²) >= 11 is 1.27. The minimum absolute atomic E-state index is 0.0278. The molecule has 8 heteroatoms. The number of hydrogen-bond acceptors (Lipinski definition) is 6. The summed E-state index contributed by atoms with van der Waals surface area (Å²) in [6, 6.07) is -1.03. The number of rotatable bonds is 4. The van der Waals surface area contributed by atoms with Crippen LogP contribution in [0.5, 0.6) is 0 Å². The van der Waals surface area contributed by atoms with E-state index in [9.17, 15) is 14.4 Å². The third kappa shape index (κ3) is 2.55. The molecule has 1 fully saturated rings. The van der Waals surface area contributed by atoms with Crippen LogP contribution in [-0.4, -0.2) is 64.2 Å². The molecule has 0 aromatic carbocycles. The van der Waals surface area contributed by atoms with Crippen molar-refractivity contribution < 1.29 is 14.4 Å². The Morgan fingerprint density at radius 2 is 2.25 bits per heavy atom. The van der Waals surface area contributed by atoms with E-state index in [0.29, 0.717) is 11.7 Å². The lowest BCUT2D eigenvalue weighted by Gasteiger charge is -2.35. The number of carbonyl (C=O) groups excluding carboxylic acids is 3. The van der Waals surface area contributed by atoms with Crippen LogP contribution in [0.3, 0.4) is 0 Å². The Kier molecular flexibility index (Phi) is 4.12. The van der Waals surface area contributed by atoms with Crippen molar-refractivity contribution in [3.05, 3.63) is 12.7 Å². The molecule has 0 spiro atoms. The Bertz CT molecular complexity index is 505. The Morgan fingerprint density at radius 1 is 1.55 bits per heavy atom. The molecular weight excluding hydrogens is 280 g/mol. The molecule has 108 valence electrons. The molecule has 2 unspecified atom stereocenters.